The fourth-order valence-corrected chi connectivity index (χ4v) is 1.82. The highest BCUT2D eigenvalue weighted by Gasteiger charge is 2.22. The van der Waals surface area contributed by atoms with Crippen molar-refractivity contribution < 1.29 is 10.0 Å². The van der Waals surface area contributed by atoms with Gasteiger partial charge in [0.05, 0.1) is 10.5 Å². The first-order chi connectivity index (χ1) is 8.37. The monoisotopic (exact) mass is 253 g/mol. The van der Waals surface area contributed by atoms with Crippen LogP contribution in [0.4, 0.5) is 17.1 Å². The van der Waals surface area contributed by atoms with Gasteiger partial charge in [0.2, 0.25) is 0 Å². The molecule has 4 N–H and O–H groups in total. The van der Waals surface area contributed by atoms with Crippen molar-refractivity contribution in [2.24, 2.45) is 0 Å². The maximum atomic E-state index is 10.9. The lowest BCUT2D eigenvalue weighted by molar-refractivity contribution is -0.383. The second-order valence-corrected chi connectivity index (χ2v) is 4.60. The van der Waals surface area contributed by atoms with Gasteiger partial charge in [0.25, 0.3) is 0 Å². The summed E-state index contributed by atoms with van der Waals surface area (Å²) in [5.41, 5.74) is 4.97. The number of hydrogen-bond donors (Lipinski definition) is 3. The Kier molecular flexibility index (Phi) is 4.49. The third-order valence-electron chi connectivity index (χ3n) is 2.70. The van der Waals surface area contributed by atoms with Crippen LogP contribution in [-0.4, -0.2) is 22.2 Å². The molecule has 0 aromatic heterocycles. The lowest BCUT2D eigenvalue weighted by atomic mass is 10.0. The minimum Gasteiger partial charge on any atom is -0.393 e. The molecule has 18 heavy (non-hydrogen) atoms. The average Bonchev–Trinajstić information content (AvgIpc) is 2.26. The van der Waals surface area contributed by atoms with Crippen LogP contribution in [0.2, 0.25) is 0 Å². The van der Waals surface area contributed by atoms with Crippen molar-refractivity contribution in [2.45, 2.75) is 32.3 Å². The predicted molar refractivity (Wildman–Crippen MR) is 71.5 cm³/mol. The molecule has 0 amide bonds. The minimum absolute atomic E-state index is 0.111. The molecule has 100 valence electrons. The molecule has 1 atom stereocenters. The molecule has 0 fully saturated rings. The molecule has 0 spiro atoms. The molecular formula is C12H19N3O3. The molecule has 1 aromatic carbocycles. The molecule has 0 heterocycles. The fourth-order valence-electron chi connectivity index (χ4n) is 1.82. The van der Waals surface area contributed by atoms with Gasteiger partial charge in [-0.15, -0.1) is 0 Å². The van der Waals surface area contributed by atoms with E-state index < -0.39 is 10.5 Å². The Morgan fingerprint density at radius 3 is 2.78 bits per heavy atom. The molecule has 0 radical (unpaired) electrons. The molecule has 1 unspecified atom stereocenters. The van der Waals surface area contributed by atoms with E-state index in [4.69, 9.17) is 5.73 Å². The number of nitrogens with one attached hydrogen (secondary N) is 1. The Morgan fingerprint density at radius 2 is 2.22 bits per heavy atom. The highest BCUT2D eigenvalue weighted by molar-refractivity contribution is 5.74. The number of aliphatic hydroxyl groups is 1. The number of nitro groups is 1. The first kappa shape index (κ1) is 14.2. The second kappa shape index (κ2) is 5.68. The van der Waals surface area contributed by atoms with Gasteiger partial charge in [-0.1, -0.05) is 19.4 Å². The molecule has 1 rings (SSSR count). The number of nitro benzene ring substituents is 1. The Labute approximate surface area is 106 Å². The summed E-state index contributed by atoms with van der Waals surface area (Å²) in [5, 5.41) is 23.8. The number of nitrogens with zero attached hydrogens (tertiary/aromatic N) is 1. The Morgan fingerprint density at radius 1 is 1.56 bits per heavy atom. The normalized spacial score (nSPS) is 13.9. The van der Waals surface area contributed by atoms with Gasteiger partial charge in [-0.05, 0) is 25.5 Å². The summed E-state index contributed by atoms with van der Waals surface area (Å²) in [6.45, 7) is 3.91. The number of hydrogen-bond acceptors (Lipinski definition) is 5. The number of benzene rings is 1. The van der Waals surface area contributed by atoms with Gasteiger partial charge < -0.3 is 16.2 Å². The standard InChI is InChI=1S/C12H19N3O3/c1-3-7-12(2,16)8-14-10-6-4-5-9(13)11(10)15(17)18/h4-6,14,16H,3,7-8,13H2,1-2H3. The third kappa shape index (κ3) is 3.59. The van der Waals surface area contributed by atoms with Crippen molar-refractivity contribution in [1.82, 2.24) is 0 Å². The highest BCUT2D eigenvalue weighted by Crippen LogP contribution is 2.30. The maximum Gasteiger partial charge on any atom is 0.314 e. The van der Waals surface area contributed by atoms with Gasteiger partial charge in [-0.2, -0.15) is 0 Å². The molecule has 0 aliphatic carbocycles. The summed E-state index contributed by atoms with van der Waals surface area (Å²) in [7, 11) is 0. The van der Waals surface area contributed by atoms with E-state index in [1.54, 1.807) is 19.1 Å². The summed E-state index contributed by atoms with van der Waals surface area (Å²) in [6, 6.07) is 4.70. The first-order valence-electron chi connectivity index (χ1n) is 5.86. The number of rotatable bonds is 6. The van der Waals surface area contributed by atoms with E-state index >= 15 is 0 Å². The quantitative estimate of drug-likeness (QED) is 0.409. The maximum absolute atomic E-state index is 10.9. The van der Waals surface area contributed by atoms with Crippen LogP contribution in [0.5, 0.6) is 0 Å². The molecule has 6 heteroatoms. The molecule has 0 bridgehead atoms. The van der Waals surface area contributed by atoms with Crippen LogP contribution in [0.25, 0.3) is 0 Å². The molecular weight excluding hydrogens is 234 g/mol. The summed E-state index contributed by atoms with van der Waals surface area (Å²) in [6.07, 6.45) is 1.46. The highest BCUT2D eigenvalue weighted by atomic mass is 16.6. The van der Waals surface area contributed by atoms with Gasteiger partial charge >= 0.3 is 5.69 Å². The van der Waals surface area contributed by atoms with Crippen molar-refractivity contribution in [3.8, 4) is 0 Å². The summed E-state index contributed by atoms with van der Waals surface area (Å²) >= 11 is 0. The average molecular weight is 253 g/mol. The molecule has 0 aliphatic rings. The SMILES string of the molecule is CCCC(C)(O)CNc1cccc(N)c1[N+](=O)[O-]. The number of nitrogens with two attached hydrogens (primary N) is 1. The second-order valence-electron chi connectivity index (χ2n) is 4.60. The summed E-state index contributed by atoms with van der Waals surface area (Å²) in [4.78, 5) is 10.4. The van der Waals surface area contributed by atoms with Crippen LogP contribution in [-0.2, 0) is 0 Å². The summed E-state index contributed by atoms with van der Waals surface area (Å²) < 4.78 is 0. The van der Waals surface area contributed by atoms with E-state index in [2.05, 4.69) is 5.32 Å². The van der Waals surface area contributed by atoms with E-state index in [0.717, 1.165) is 6.42 Å². The van der Waals surface area contributed by atoms with Gasteiger partial charge in [-0.3, -0.25) is 10.1 Å². The van der Waals surface area contributed by atoms with Crippen LogP contribution in [0.1, 0.15) is 26.7 Å². The molecule has 0 aliphatic heterocycles. The van der Waals surface area contributed by atoms with Crippen LogP contribution < -0.4 is 11.1 Å². The van der Waals surface area contributed by atoms with E-state index in [9.17, 15) is 15.2 Å². The Bertz CT molecular complexity index is 433. The van der Waals surface area contributed by atoms with E-state index in [-0.39, 0.29) is 17.9 Å². The van der Waals surface area contributed by atoms with Gasteiger partial charge in [0.15, 0.2) is 0 Å². The minimum atomic E-state index is -0.896. The van der Waals surface area contributed by atoms with Crippen LogP contribution >= 0.6 is 0 Å². The zero-order valence-electron chi connectivity index (χ0n) is 10.6. The Balaban J connectivity index is 2.85. The van der Waals surface area contributed by atoms with Crippen molar-refractivity contribution in [3.05, 3.63) is 28.3 Å². The molecule has 0 saturated heterocycles. The molecule has 1 aromatic rings. The van der Waals surface area contributed by atoms with E-state index in [1.807, 2.05) is 6.92 Å². The van der Waals surface area contributed by atoms with E-state index in [1.165, 1.54) is 6.07 Å². The zero-order chi connectivity index (χ0) is 13.8. The van der Waals surface area contributed by atoms with Gasteiger partial charge in [-0.25, -0.2) is 0 Å². The van der Waals surface area contributed by atoms with Crippen molar-refractivity contribution in [3.63, 3.8) is 0 Å². The summed E-state index contributed by atoms with van der Waals surface area (Å²) in [5.74, 6) is 0. The lowest BCUT2D eigenvalue weighted by Crippen LogP contribution is -2.33. The number of anilines is 2. The largest absolute Gasteiger partial charge is 0.393 e. The fraction of sp³-hybridized carbons (Fsp3) is 0.500. The van der Waals surface area contributed by atoms with Gasteiger partial charge in [0.1, 0.15) is 11.4 Å². The van der Waals surface area contributed by atoms with Crippen LogP contribution in [0.15, 0.2) is 18.2 Å². The van der Waals surface area contributed by atoms with Crippen LogP contribution in [0.3, 0.4) is 0 Å². The zero-order valence-corrected chi connectivity index (χ0v) is 10.6. The van der Waals surface area contributed by atoms with E-state index in [0.29, 0.717) is 12.1 Å². The van der Waals surface area contributed by atoms with Crippen molar-refractivity contribution in [2.75, 3.05) is 17.6 Å². The van der Waals surface area contributed by atoms with Crippen molar-refractivity contribution >= 4 is 17.1 Å². The smallest absolute Gasteiger partial charge is 0.314 e. The first-order valence-corrected chi connectivity index (χ1v) is 5.86. The third-order valence-corrected chi connectivity index (χ3v) is 2.70. The van der Waals surface area contributed by atoms with Crippen molar-refractivity contribution in [1.29, 1.82) is 0 Å². The lowest BCUT2D eigenvalue weighted by Gasteiger charge is -2.23. The molecule has 0 saturated carbocycles. The predicted octanol–water partition coefficient (Wildman–Crippen LogP) is 2.14. The van der Waals surface area contributed by atoms with Crippen LogP contribution in [0, 0.1) is 10.1 Å². The Hall–Kier alpha value is -1.82. The number of nitrogen functional groups attached to an aromatic ring is 1. The topological polar surface area (TPSA) is 101 Å². The molecule has 6 nitrogen and oxygen atoms in total. The van der Waals surface area contributed by atoms with Gasteiger partial charge in [0, 0.05) is 6.54 Å². The number of para-hydroxylation sites is 1.